The first-order valence-electron chi connectivity index (χ1n) is 7.01. The van der Waals surface area contributed by atoms with Crippen molar-refractivity contribution in [3.8, 4) is 0 Å². The summed E-state index contributed by atoms with van der Waals surface area (Å²) in [6, 6.07) is 0. The Labute approximate surface area is 119 Å². The van der Waals surface area contributed by atoms with Crippen LogP contribution in [0.4, 0.5) is 10.7 Å². The van der Waals surface area contributed by atoms with Crippen LogP contribution in [0.15, 0.2) is 0 Å². The number of amides is 1. The molecule has 0 atom stereocenters. The molecule has 1 aliphatic rings. The zero-order valence-corrected chi connectivity index (χ0v) is 12.8. The average molecular weight is 281 g/mol. The van der Waals surface area contributed by atoms with Crippen LogP contribution in [0, 0.1) is 0 Å². The van der Waals surface area contributed by atoms with E-state index in [1.165, 1.54) is 34.7 Å². The van der Waals surface area contributed by atoms with E-state index in [1.807, 2.05) is 6.92 Å². The Morgan fingerprint density at radius 3 is 2.68 bits per heavy atom. The topological polar surface area (TPSA) is 58.4 Å². The van der Waals surface area contributed by atoms with Crippen LogP contribution in [0.25, 0.3) is 0 Å². The van der Waals surface area contributed by atoms with Crippen LogP contribution < -0.4 is 16.0 Å². The quantitative estimate of drug-likeness (QED) is 0.843. The van der Waals surface area contributed by atoms with Crippen molar-refractivity contribution >= 4 is 27.9 Å². The Hall–Kier alpha value is -1.23. The zero-order chi connectivity index (χ0) is 14.0. The molecule has 1 saturated carbocycles. The number of anilines is 2. The van der Waals surface area contributed by atoms with E-state index >= 15 is 0 Å². The summed E-state index contributed by atoms with van der Waals surface area (Å²) in [5, 5.41) is 4.03. The van der Waals surface area contributed by atoms with Crippen molar-refractivity contribution in [2.45, 2.75) is 39.0 Å². The molecule has 106 valence electrons. The molecule has 4 nitrogen and oxygen atoms in total. The molecule has 3 N–H and O–H groups in total. The molecule has 0 spiro atoms. The van der Waals surface area contributed by atoms with E-state index in [4.69, 9.17) is 5.73 Å². The number of carbonyl (C=O) groups is 1. The van der Waals surface area contributed by atoms with Gasteiger partial charge in [0.2, 0.25) is 0 Å². The Balaban J connectivity index is 2.36. The molecule has 0 aliphatic heterocycles. The fraction of sp³-hybridized carbons (Fsp3) is 0.643. The molecule has 0 radical (unpaired) electrons. The number of rotatable bonds is 6. The molecule has 19 heavy (non-hydrogen) atoms. The molecule has 1 aromatic rings. The third kappa shape index (κ3) is 2.86. The Morgan fingerprint density at radius 2 is 2.16 bits per heavy atom. The van der Waals surface area contributed by atoms with Crippen molar-refractivity contribution in [2.24, 2.45) is 0 Å². The predicted molar refractivity (Wildman–Crippen MR) is 82.3 cm³/mol. The third-order valence-electron chi connectivity index (χ3n) is 3.40. The van der Waals surface area contributed by atoms with Crippen LogP contribution in [0.2, 0.25) is 0 Å². The van der Waals surface area contributed by atoms with E-state index in [1.54, 1.807) is 0 Å². The lowest BCUT2D eigenvalue weighted by Gasteiger charge is -2.18. The number of hydrogen-bond donors (Lipinski definition) is 2. The van der Waals surface area contributed by atoms with E-state index in [-0.39, 0.29) is 5.91 Å². The minimum absolute atomic E-state index is 0.0388. The third-order valence-corrected chi connectivity index (χ3v) is 4.73. The van der Waals surface area contributed by atoms with Gasteiger partial charge < -0.3 is 16.0 Å². The normalized spacial score (nSPS) is 14.5. The maximum Gasteiger partial charge on any atom is 0.263 e. The van der Waals surface area contributed by atoms with Crippen molar-refractivity contribution < 1.29 is 4.79 Å². The number of nitrogen functional groups attached to an aromatic ring is 1. The van der Waals surface area contributed by atoms with Gasteiger partial charge in [0.05, 0.1) is 10.7 Å². The summed E-state index contributed by atoms with van der Waals surface area (Å²) in [5.74, 6) is 0.525. The molecule has 1 aliphatic carbocycles. The molecule has 0 aromatic carbocycles. The number of carbonyl (C=O) groups excluding carboxylic acids is 1. The number of thiophene rings is 1. The summed E-state index contributed by atoms with van der Waals surface area (Å²) in [7, 11) is 2.09. The Morgan fingerprint density at radius 1 is 1.47 bits per heavy atom. The van der Waals surface area contributed by atoms with Crippen LogP contribution in [-0.2, 0) is 0 Å². The molecule has 2 rings (SSSR count). The van der Waals surface area contributed by atoms with Gasteiger partial charge in [-0.1, -0.05) is 6.92 Å². The highest BCUT2D eigenvalue weighted by molar-refractivity contribution is 7.18. The number of nitrogens with two attached hydrogens (primary N) is 1. The zero-order valence-electron chi connectivity index (χ0n) is 12.0. The molecule has 5 heteroatoms. The van der Waals surface area contributed by atoms with Gasteiger partial charge in [-0.05, 0) is 32.1 Å². The van der Waals surface area contributed by atoms with Gasteiger partial charge >= 0.3 is 0 Å². The van der Waals surface area contributed by atoms with Crippen molar-refractivity contribution in [1.29, 1.82) is 0 Å². The number of nitrogens with zero attached hydrogens (tertiary/aromatic N) is 1. The highest BCUT2D eigenvalue weighted by Crippen LogP contribution is 2.51. The molecule has 1 amide bonds. The fourth-order valence-electron chi connectivity index (χ4n) is 2.34. The highest BCUT2D eigenvalue weighted by atomic mass is 32.1. The lowest BCUT2D eigenvalue weighted by Crippen LogP contribution is -2.22. The van der Waals surface area contributed by atoms with Crippen molar-refractivity contribution in [3.05, 3.63) is 10.4 Å². The largest absolute Gasteiger partial charge is 0.397 e. The van der Waals surface area contributed by atoms with Gasteiger partial charge in [-0.25, -0.2) is 0 Å². The van der Waals surface area contributed by atoms with Crippen LogP contribution in [0.1, 0.15) is 54.3 Å². The molecule has 0 unspecified atom stereocenters. The van der Waals surface area contributed by atoms with E-state index < -0.39 is 0 Å². The Kier molecular flexibility index (Phi) is 4.34. The molecular weight excluding hydrogens is 258 g/mol. The molecule has 1 aromatic heterocycles. The number of nitrogens with one attached hydrogen (secondary N) is 1. The summed E-state index contributed by atoms with van der Waals surface area (Å²) in [4.78, 5) is 15.0. The van der Waals surface area contributed by atoms with Gasteiger partial charge in [-0.2, -0.15) is 0 Å². The Bertz CT molecular complexity index is 466. The summed E-state index contributed by atoms with van der Waals surface area (Å²) in [5.41, 5.74) is 8.15. The average Bonchev–Trinajstić information content (AvgIpc) is 3.13. The summed E-state index contributed by atoms with van der Waals surface area (Å²) in [6.45, 7) is 5.71. The van der Waals surface area contributed by atoms with E-state index in [0.29, 0.717) is 23.0 Å². The van der Waals surface area contributed by atoms with Crippen molar-refractivity contribution in [2.75, 3.05) is 30.8 Å². The first-order valence-corrected chi connectivity index (χ1v) is 7.83. The van der Waals surface area contributed by atoms with E-state index in [0.717, 1.165) is 13.0 Å². The van der Waals surface area contributed by atoms with Crippen LogP contribution in [0.5, 0.6) is 0 Å². The first-order chi connectivity index (χ1) is 9.10. The summed E-state index contributed by atoms with van der Waals surface area (Å²) in [6.07, 6.45) is 3.49. The smallest absolute Gasteiger partial charge is 0.263 e. The SMILES string of the molecule is CCCN(C)c1sc(C(=O)NCC)c(N)c1C1CC1. The van der Waals surface area contributed by atoms with Crippen LogP contribution >= 0.6 is 11.3 Å². The second-order valence-corrected chi connectivity index (χ2v) is 6.12. The van der Waals surface area contributed by atoms with Gasteiger partial charge in [-0.15, -0.1) is 11.3 Å². The standard InChI is InChI=1S/C14H23N3OS/c1-4-8-17(3)14-10(9-6-7-9)11(15)12(19-14)13(18)16-5-2/h9H,4-8,15H2,1-3H3,(H,16,18). The van der Waals surface area contributed by atoms with Gasteiger partial charge in [-0.3, -0.25) is 4.79 Å². The molecule has 1 heterocycles. The highest BCUT2D eigenvalue weighted by Gasteiger charge is 2.33. The second kappa shape index (κ2) is 5.82. The van der Waals surface area contributed by atoms with Crippen LogP contribution in [0.3, 0.4) is 0 Å². The predicted octanol–water partition coefficient (Wildman–Crippen LogP) is 2.80. The molecule has 1 fully saturated rings. The molecule has 0 saturated heterocycles. The first kappa shape index (κ1) is 14.2. The van der Waals surface area contributed by atoms with Crippen molar-refractivity contribution in [1.82, 2.24) is 5.32 Å². The van der Waals surface area contributed by atoms with Gasteiger partial charge in [0.1, 0.15) is 4.88 Å². The second-order valence-electron chi connectivity index (χ2n) is 5.12. The maximum atomic E-state index is 12.1. The molecule has 0 bridgehead atoms. The van der Waals surface area contributed by atoms with Crippen LogP contribution in [-0.4, -0.2) is 26.0 Å². The number of hydrogen-bond acceptors (Lipinski definition) is 4. The lowest BCUT2D eigenvalue weighted by atomic mass is 10.1. The van der Waals surface area contributed by atoms with Gasteiger partial charge in [0, 0.05) is 25.7 Å². The maximum absolute atomic E-state index is 12.1. The summed E-state index contributed by atoms with van der Waals surface area (Å²) < 4.78 is 0. The fourth-order valence-corrected chi connectivity index (χ4v) is 3.55. The van der Waals surface area contributed by atoms with Crippen molar-refractivity contribution in [3.63, 3.8) is 0 Å². The van der Waals surface area contributed by atoms with Gasteiger partial charge in [0.15, 0.2) is 0 Å². The van der Waals surface area contributed by atoms with Gasteiger partial charge in [0.25, 0.3) is 5.91 Å². The minimum atomic E-state index is -0.0388. The molecular formula is C14H23N3OS. The lowest BCUT2D eigenvalue weighted by molar-refractivity contribution is 0.0960. The minimum Gasteiger partial charge on any atom is -0.397 e. The monoisotopic (exact) mass is 281 g/mol. The summed E-state index contributed by atoms with van der Waals surface area (Å²) >= 11 is 1.54. The van der Waals surface area contributed by atoms with E-state index in [9.17, 15) is 4.79 Å². The van der Waals surface area contributed by atoms with E-state index in [2.05, 4.69) is 24.2 Å².